The number of benzene rings is 1. The van der Waals surface area contributed by atoms with Gasteiger partial charge in [-0.2, -0.15) is 13.2 Å². The summed E-state index contributed by atoms with van der Waals surface area (Å²) in [5.74, 6) is -0.690. The smallest absolute Gasteiger partial charge is 0.354 e. The summed E-state index contributed by atoms with van der Waals surface area (Å²) >= 11 is 5.58. The molecule has 2 aromatic rings. The van der Waals surface area contributed by atoms with Crippen LogP contribution in [-0.4, -0.2) is 4.98 Å². The van der Waals surface area contributed by atoms with Crippen molar-refractivity contribution in [1.82, 2.24) is 4.98 Å². The maximum absolute atomic E-state index is 13.5. The lowest BCUT2D eigenvalue weighted by Crippen LogP contribution is -2.09. The van der Waals surface area contributed by atoms with Crippen molar-refractivity contribution in [1.29, 1.82) is 0 Å². The molecule has 21 heavy (non-hydrogen) atoms. The largest absolute Gasteiger partial charge is 0.418 e. The number of aromatic nitrogens is 1. The van der Waals surface area contributed by atoms with E-state index in [2.05, 4.69) is 10.3 Å². The fourth-order valence-corrected chi connectivity index (χ4v) is 1.87. The number of hydrogen-bond donors (Lipinski definition) is 2. The summed E-state index contributed by atoms with van der Waals surface area (Å²) in [4.78, 5) is 3.73. The molecule has 0 saturated heterocycles. The Kier molecular flexibility index (Phi) is 4.34. The van der Waals surface area contributed by atoms with Gasteiger partial charge in [0.15, 0.2) is 0 Å². The monoisotopic (exact) mass is 319 g/mol. The maximum atomic E-state index is 13.5. The van der Waals surface area contributed by atoms with Crippen molar-refractivity contribution in [2.24, 2.45) is 5.73 Å². The summed E-state index contributed by atoms with van der Waals surface area (Å²) in [5.41, 5.74) is 4.19. The van der Waals surface area contributed by atoms with Crippen LogP contribution in [-0.2, 0) is 12.7 Å². The van der Waals surface area contributed by atoms with E-state index in [-0.39, 0.29) is 28.6 Å². The maximum Gasteiger partial charge on any atom is 0.418 e. The molecule has 0 unspecified atom stereocenters. The van der Waals surface area contributed by atoms with Gasteiger partial charge in [-0.3, -0.25) is 4.98 Å². The molecule has 0 aliphatic rings. The van der Waals surface area contributed by atoms with Gasteiger partial charge in [-0.15, -0.1) is 0 Å². The highest BCUT2D eigenvalue weighted by atomic mass is 35.5. The molecule has 0 atom stereocenters. The fraction of sp³-hybridized carbons (Fsp3) is 0.154. The molecule has 0 bridgehead atoms. The fourth-order valence-electron chi connectivity index (χ4n) is 1.70. The standard InChI is InChI=1S/C13H10ClF4N3/c14-7-1-2-11(9(3-7)13(16,17)18)21-8-4-10(15)12(5-19)20-6-8/h1-4,6,21H,5,19H2. The van der Waals surface area contributed by atoms with Crippen molar-refractivity contribution in [3.8, 4) is 0 Å². The molecule has 112 valence electrons. The van der Waals surface area contributed by atoms with E-state index in [1.54, 1.807) is 0 Å². The zero-order valence-electron chi connectivity index (χ0n) is 10.5. The Labute approximate surface area is 122 Å². The van der Waals surface area contributed by atoms with Crippen molar-refractivity contribution in [3.63, 3.8) is 0 Å². The van der Waals surface area contributed by atoms with Crippen LogP contribution in [0.25, 0.3) is 0 Å². The van der Waals surface area contributed by atoms with Gasteiger partial charge in [0.05, 0.1) is 28.8 Å². The lowest BCUT2D eigenvalue weighted by molar-refractivity contribution is -0.136. The number of alkyl halides is 3. The molecule has 0 saturated carbocycles. The summed E-state index contributed by atoms with van der Waals surface area (Å²) in [5, 5.41) is 2.43. The average Bonchev–Trinajstić information content (AvgIpc) is 2.40. The first-order chi connectivity index (χ1) is 9.81. The van der Waals surface area contributed by atoms with Gasteiger partial charge < -0.3 is 11.1 Å². The molecule has 0 spiro atoms. The molecular weight excluding hydrogens is 310 g/mol. The van der Waals surface area contributed by atoms with Crippen molar-refractivity contribution in [3.05, 3.63) is 52.6 Å². The van der Waals surface area contributed by atoms with Gasteiger partial charge in [-0.05, 0) is 18.2 Å². The van der Waals surface area contributed by atoms with Gasteiger partial charge >= 0.3 is 6.18 Å². The first-order valence-corrected chi connectivity index (χ1v) is 6.17. The van der Waals surface area contributed by atoms with Crippen molar-refractivity contribution in [2.75, 3.05) is 5.32 Å². The molecule has 0 fully saturated rings. The van der Waals surface area contributed by atoms with Gasteiger partial charge in [0.1, 0.15) is 5.82 Å². The minimum atomic E-state index is -4.59. The second-order valence-electron chi connectivity index (χ2n) is 4.17. The van der Waals surface area contributed by atoms with Gasteiger partial charge in [-0.1, -0.05) is 11.6 Å². The average molecular weight is 320 g/mol. The Hall–Kier alpha value is -1.86. The lowest BCUT2D eigenvalue weighted by atomic mass is 10.1. The van der Waals surface area contributed by atoms with Crippen LogP contribution in [0.2, 0.25) is 5.02 Å². The lowest BCUT2D eigenvalue weighted by Gasteiger charge is -2.15. The van der Waals surface area contributed by atoms with E-state index in [0.29, 0.717) is 0 Å². The van der Waals surface area contributed by atoms with Crippen LogP contribution in [0.3, 0.4) is 0 Å². The zero-order chi connectivity index (χ0) is 15.6. The summed E-state index contributed by atoms with van der Waals surface area (Å²) in [6.45, 7) is -0.0964. The van der Waals surface area contributed by atoms with Gasteiger partial charge in [0.25, 0.3) is 0 Å². The predicted molar refractivity (Wildman–Crippen MR) is 71.8 cm³/mol. The van der Waals surface area contributed by atoms with E-state index in [9.17, 15) is 17.6 Å². The normalized spacial score (nSPS) is 11.5. The van der Waals surface area contributed by atoms with Gasteiger partial charge in [0.2, 0.25) is 0 Å². The number of pyridine rings is 1. The molecule has 1 aromatic carbocycles. The van der Waals surface area contributed by atoms with Crippen LogP contribution in [0.5, 0.6) is 0 Å². The molecular formula is C13H10ClF4N3. The quantitative estimate of drug-likeness (QED) is 0.838. The topological polar surface area (TPSA) is 50.9 Å². The van der Waals surface area contributed by atoms with Crippen molar-refractivity contribution in [2.45, 2.75) is 12.7 Å². The summed E-state index contributed by atoms with van der Waals surface area (Å²) in [6.07, 6.45) is -3.38. The second kappa shape index (κ2) is 5.87. The SMILES string of the molecule is NCc1ncc(Nc2ccc(Cl)cc2C(F)(F)F)cc1F. The molecule has 1 heterocycles. The van der Waals surface area contributed by atoms with E-state index >= 15 is 0 Å². The molecule has 3 N–H and O–H groups in total. The Morgan fingerprint density at radius 2 is 1.95 bits per heavy atom. The van der Waals surface area contributed by atoms with E-state index in [0.717, 1.165) is 12.1 Å². The van der Waals surface area contributed by atoms with Crippen molar-refractivity contribution >= 4 is 23.0 Å². The Morgan fingerprint density at radius 3 is 2.52 bits per heavy atom. The molecule has 2 rings (SSSR count). The molecule has 0 amide bonds. The Balaban J connectivity index is 2.38. The third kappa shape index (κ3) is 3.62. The Morgan fingerprint density at radius 1 is 1.24 bits per heavy atom. The van der Waals surface area contributed by atoms with Crippen LogP contribution in [0.15, 0.2) is 30.5 Å². The number of halogens is 5. The third-order valence-electron chi connectivity index (χ3n) is 2.68. The number of nitrogens with two attached hydrogens (primary N) is 1. The summed E-state index contributed by atoms with van der Waals surface area (Å²) in [6, 6.07) is 4.29. The number of anilines is 2. The van der Waals surface area contributed by atoms with Crippen LogP contribution in [0, 0.1) is 5.82 Å². The first kappa shape index (κ1) is 15.5. The first-order valence-electron chi connectivity index (χ1n) is 5.79. The second-order valence-corrected chi connectivity index (χ2v) is 4.61. The van der Waals surface area contributed by atoms with E-state index in [4.69, 9.17) is 17.3 Å². The van der Waals surface area contributed by atoms with E-state index in [1.165, 1.54) is 18.3 Å². The van der Waals surface area contributed by atoms with Crippen molar-refractivity contribution < 1.29 is 17.6 Å². The van der Waals surface area contributed by atoms with Crippen LogP contribution in [0.4, 0.5) is 28.9 Å². The molecule has 0 aliphatic heterocycles. The zero-order valence-corrected chi connectivity index (χ0v) is 11.3. The number of nitrogens with one attached hydrogen (secondary N) is 1. The minimum Gasteiger partial charge on any atom is -0.354 e. The highest BCUT2D eigenvalue weighted by Gasteiger charge is 2.33. The molecule has 0 aliphatic carbocycles. The van der Waals surface area contributed by atoms with Gasteiger partial charge in [0, 0.05) is 17.6 Å². The van der Waals surface area contributed by atoms with E-state index in [1.807, 2.05) is 0 Å². The molecule has 8 heteroatoms. The number of hydrogen-bond acceptors (Lipinski definition) is 3. The molecule has 3 nitrogen and oxygen atoms in total. The predicted octanol–water partition coefficient (Wildman–Crippen LogP) is 4.10. The summed E-state index contributed by atoms with van der Waals surface area (Å²) < 4.78 is 52.3. The van der Waals surface area contributed by atoms with Crippen LogP contribution in [0.1, 0.15) is 11.3 Å². The number of rotatable bonds is 3. The minimum absolute atomic E-state index is 0.0349. The summed E-state index contributed by atoms with van der Waals surface area (Å²) in [7, 11) is 0. The van der Waals surface area contributed by atoms with Gasteiger partial charge in [-0.25, -0.2) is 4.39 Å². The van der Waals surface area contributed by atoms with E-state index < -0.39 is 17.6 Å². The third-order valence-corrected chi connectivity index (χ3v) is 2.91. The molecule has 1 aromatic heterocycles. The molecule has 0 radical (unpaired) electrons. The van der Waals surface area contributed by atoms with Crippen LogP contribution < -0.4 is 11.1 Å². The Bertz CT molecular complexity index is 658. The van der Waals surface area contributed by atoms with Crippen LogP contribution >= 0.6 is 11.6 Å². The highest BCUT2D eigenvalue weighted by molar-refractivity contribution is 6.30. The highest BCUT2D eigenvalue weighted by Crippen LogP contribution is 2.37. The number of nitrogens with zero attached hydrogens (tertiary/aromatic N) is 1.